The Labute approximate surface area is 149 Å². The summed E-state index contributed by atoms with van der Waals surface area (Å²) in [6.07, 6.45) is 4.86. The van der Waals surface area contributed by atoms with Gasteiger partial charge >= 0.3 is 6.03 Å². The number of benzene rings is 2. The molecule has 0 spiro atoms. The second-order valence-electron chi connectivity index (χ2n) is 6.71. The number of nitrogens with one attached hydrogen (secondary N) is 2. The zero-order chi connectivity index (χ0) is 17.6. The Balaban J connectivity index is 1.48. The van der Waals surface area contributed by atoms with Gasteiger partial charge in [0, 0.05) is 0 Å². The van der Waals surface area contributed by atoms with Crippen LogP contribution >= 0.6 is 0 Å². The van der Waals surface area contributed by atoms with E-state index >= 15 is 0 Å². The lowest BCUT2D eigenvalue weighted by atomic mass is 9.89. The zero-order valence-corrected chi connectivity index (χ0v) is 15.0. The van der Waals surface area contributed by atoms with Gasteiger partial charge in [0.05, 0.1) is 6.04 Å². The predicted octanol–water partition coefficient (Wildman–Crippen LogP) is 4.27. The number of amides is 2. The summed E-state index contributed by atoms with van der Waals surface area (Å²) in [6.45, 7) is 4.17. The molecular formula is C21H26N2O2. The summed E-state index contributed by atoms with van der Waals surface area (Å²) in [5.41, 5.74) is 5.21. The molecule has 0 saturated carbocycles. The molecule has 25 heavy (non-hydrogen) atoms. The van der Waals surface area contributed by atoms with E-state index in [0.29, 0.717) is 0 Å². The molecule has 0 radical (unpaired) electrons. The molecule has 0 heterocycles. The average Bonchev–Trinajstić information content (AvgIpc) is 2.63. The van der Waals surface area contributed by atoms with Gasteiger partial charge in [-0.05, 0) is 68.4 Å². The van der Waals surface area contributed by atoms with Crippen LogP contribution in [0.3, 0.4) is 0 Å². The van der Waals surface area contributed by atoms with Gasteiger partial charge in [-0.25, -0.2) is 4.79 Å². The largest absolute Gasteiger partial charge is 0.473 e. The fraction of sp³-hybridized carbons (Fsp3) is 0.381. The summed E-state index contributed by atoms with van der Waals surface area (Å²) >= 11 is 0. The molecule has 2 aromatic rings. The minimum absolute atomic E-state index is 0.0356. The first kappa shape index (κ1) is 17.3. The van der Waals surface area contributed by atoms with Crippen LogP contribution in [0, 0.1) is 6.92 Å². The van der Waals surface area contributed by atoms with Crippen LogP contribution in [0.4, 0.5) is 4.79 Å². The summed E-state index contributed by atoms with van der Waals surface area (Å²) in [5.74, 6) is 0.744. The summed E-state index contributed by atoms with van der Waals surface area (Å²) in [4.78, 5) is 12.1. The number of ether oxygens (including phenoxy) is 1. The van der Waals surface area contributed by atoms with E-state index in [1.54, 1.807) is 0 Å². The van der Waals surface area contributed by atoms with Crippen LogP contribution in [0.1, 0.15) is 48.1 Å². The molecule has 1 aliphatic carbocycles. The van der Waals surface area contributed by atoms with E-state index in [1.165, 1.54) is 36.0 Å². The third kappa shape index (κ3) is 4.75. The second kappa shape index (κ2) is 8.06. The van der Waals surface area contributed by atoms with E-state index in [-0.39, 0.29) is 18.8 Å². The van der Waals surface area contributed by atoms with Crippen LogP contribution in [0.2, 0.25) is 0 Å². The van der Waals surface area contributed by atoms with E-state index in [4.69, 9.17) is 4.74 Å². The third-order valence-electron chi connectivity index (χ3n) is 4.71. The monoisotopic (exact) mass is 338 g/mol. The number of hydrogen-bond donors (Lipinski definition) is 2. The van der Waals surface area contributed by atoms with Crippen LogP contribution in [-0.2, 0) is 12.8 Å². The van der Waals surface area contributed by atoms with Gasteiger partial charge in [-0.15, -0.1) is 0 Å². The quantitative estimate of drug-likeness (QED) is 0.800. The van der Waals surface area contributed by atoms with Gasteiger partial charge < -0.3 is 15.4 Å². The number of fused-ring (bicyclic) bond motifs is 1. The molecule has 132 valence electrons. The molecule has 1 unspecified atom stereocenters. The zero-order valence-electron chi connectivity index (χ0n) is 15.0. The van der Waals surface area contributed by atoms with Gasteiger partial charge in [-0.1, -0.05) is 35.9 Å². The van der Waals surface area contributed by atoms with Crippen molar-refractivity contribution in [2.45, 2.75) is 45.6 Å². The van der Waals surface area contributed by atoms with Gasteiger partial charge in [-0.2, -0.15) is 0 Å². The molecule has 0 saturated heterocycles. The van der Waals surface area contributed by atoms with Crippen LogP contribution in [-0.4, -0.2) is 12.8 Å². The number of hydrogen-bond acceptors (Lipinski definition) is 2. The molecule has 0 fully saturated rings. The lowest BCUT2D eigenvalue weighted by Crippen LogP contribution is -2.39. The number of aryl methyl sites for hydroxylation is 3. The lowest BCUT2D eigenvalue weighted by molar-refractivity contribution is 0.221. The molecule has 2 amide bonds. The first-order valence-corrected chi connectivity index (χ1v) is 8.97. The van der Waals surface area contributed by atoms with Crippen molar-refractivity contribution < 1.29 is 9.53 Å². The van der Waals surface area contributed by atoms with Gasteiger partial charge in [0.15, 0.2) is 6.73 Å². The summed E-state index contributed by atoms with van der Waals surface area (Å²) in [6, 6.07) is 14.1. The Bertz CT molecular complexity index is 725. The van der Waals surface area contributed by atoms with Crippen molar-refractivity contribution in [3.05, 3.63) is 64.7 Å². The predicted molar refractivity (Wildman–Crippen MR) is 99.8 cm³/mol. The molecular weight excluding hydrogens is 312 g/mol. The average molecular weight is 338 g/mol. The third-order valence-corrected chi connectivity index (χ3v) is 4.71. The summed E-state index contributed by atoms with van der Waals surface area (Å²) < 4.78 is 5.52. The highest BCUT2D eigenvalue weighted by Gasteiger charge is 2.14. The van der Waals surface area contributed by atoms with Crippen LogP contribution < -0.4 is 15.4 Å². The topological polar surface area (TPSA) is 50.4 Å². The first-order chi connectivity index (χ1) is 12.1. The Hall–Kier alpha value is -2.49. The molecule has 3 rings (SSSR count). The maximum Gasteiger partial charge on any atom is 0.317 e. The Morgan fingerprint density at radius 3 is 2.56 bits per heavy atom. The molecule has 1 aliphatic rings. The first-order valence-electron chi connectivity index (χ1n) is 8.97. The number of carbonyl (C=O) groups excluding carboxylic acids is 1. The van der Waals surface area contributed by atoms with Gasteiger partial charge in [0.2, 0.25) is 0 Å². The minimum Gasteiger partial charge on any atom is -0.473 e. The van der Waals surface area contributed by atoms with Gasteiger partial charge in [0.25, 0.3) is 0 Å². The van der Waals surface area contributed by atoms with Gasteiger partial charge in [-0.3, -0.25) is 0 Å². The van der Waals surface area contributed by atoms with Crippen molar-refractivity contribution in [2.24, 2.45) is 0 Å². The van der Waals surface area contributed by atoms with Gasteiger partial charge in [0.1, 0.15) is 5.75 Å². The minimum atomic E-state index is -0.225. The summed E-state index contributed by atoms with van der Waals surface area (Å²) in [7, 11) is 0. The van der Waals surface area contributed by atoms with Crippen LogP contribution in [0.5, 0.6) is 5.75 Å². The molecule has 2 N–H and O–H groups in total. The molecule has 0 aromatic heterocycles. The summed E-state index contributed by atoms with van der Waals surface area (Å²) in [5, 5.41) is 5.70. The van der Waals surface area contributed by atoms with Crippen molar-refractivity contribution in [3.63, 3.8) is 0 Å². The van der Waals surface area contributed by atoms with E-state index in [9.17, 15) is 4.79 Å². The van der Waals surface area contributed by atoms with E-state index in [2.05, 4.69) is 28.8 Å². The molecule has 4 heteroatoms. The SMILES string of the molecule is Cc1ccc(OCNC(=O)NC(C)c2ccc3c(c2)CCCC3)cc1. The molecule has 2 aromatic carbocycles. The van der Waals surface area contributed by atoms with Crippen molar-refractivity contribution in [1.82, 2.24) is 10.6 Å². The van der Waals surface area contributed by atoms with E-state index in [1.807, 2.05) is 38.1 Å². The van der Waals surface area contributed by atoms with Crippen molar-refractivity contribution in [1.29, 1.82) is 0 Å². The highest BCUT2D eigenvalue weighted by Crippen LogP contribution is 2.24. The van der Waals surface area contributed by atoms with E-state index in [0.717, 1.165) is 17.7 Å². The smallest absolute Gasteiger partial charge is 0.317 e. The highest BCUT2D eigenvalue weighted by molar-refractivity contribution is 5.74. The fourth-order valence-corrected chi connectivity index (χ4v) is 3.17. The van der Waals surface area contributed by atoms with Crippen LogP contribution in [0.15, 0.2) is 42.5 Å². The lowest BCUT2D eigenvalue weighted by Gasteiger charge is -2.20. The van der Waals surface area contributed by atoms with Crippen LogP contribution in [0.25, 0.3) is 0 Å². The van der Waals surface area contributed by atoms with Crippen molar-refractivity contribution in [2.75, 3.05) is 6.73 Å². The molecule has 0 aliphatic heterocycles. The maximum atomic E-state index is 12.1. The molecule has 1 atom stereocenters. The highest BCUT2D eigenvalue weighted by atomic mass is 16.5. The maximum absolute atomic E-state index is 12.1. The number of carbonyl (C=O) groups is 1. The normalized spacial score (nSPS) is 14.3. The van der Waals surface area contributed by atoms with Crippen molar-refractivity contribution in [3.8, 4) is 5.75 Å². The number of rotatable bonds is 5. The van der Waals surface area contributed by atoms with E-state index < -0.39 is 0 Å². The Morgan fingerprint density at radius 2 is 1.80 bits per heavy atom. The standard InChI is InChI=1S/C21H26N2O2/c1-15-7-11-20(12-8-15)25-14-22-21(24)23-16(2)18-10-9-17-5-3-4-6-19(17)13-18/h7-13,16H,3-6,14H2,1-2H3,(H2,22,23,24). The molecule has 4 nitrogen and oxygen atoms in total. The fourth-order valence-electron chi connectivity index (χ4n) is 3.17. The number of urea groups is 1. The van der Waals surface area contributed by atoms with Crippen molar-refractivity contribution >= 4 is 6.03 Å². The Morgan fingerprint density at radius 1 is 1.08 bits per heavy atom. The molecule has 0 bridgehead atoms. The Kier molecular flexibility index (Phi) is 5.59. The second-order valence-corrected chi connectivity index (χ2v) is 6.71.